The standard InChI is InChI=1S/C9H19N3/c1-11-5-6-12(2)9(8-11)3-4-10-7-9/h10H,3-8H2,1-2H3. The van der Waals surface area contributed by atoms with Crippen LogP contribution < -0.4 is 5.32 Å². The zero-order valence-electron chi connectivity index (χ0n) is 8.14. The lowest BCUT2D eigenvalue weighted by Crippen LogP contribution is -2.60. The van der Waals surface area contributed by atoms with Gasteiger partial charge in [0.1, 0.15) is 0 Å². The highest BCUT2D eigenvalue weighted by molar-refractivity contribution is 5.00. The summed E-state index contributed by atoms with van der Waals surface area (Å²) < 4.78 is 0. The van der Waals surface area contributed by atoms with Crippen LogP contribution in [0.25, 0.3) is 0 Å². The molecular formula is C9H19N3. The second-order valence-corrected chi connectivity index (χ2v) is 4.31. The summed E-state index contributed by atoms with van der Waals surface area (Å²) >= 11 is 0. The molecule has 70 valence electrons. The van der Waals surface area contributed by atoms with Crippen molar-refractivity contribution in [1.82, 2.24) is 15.1 Å². The predicted molar refractivity (Wildman–Crippen MR) is 50.3 cm³/mol. The lowest BCUT2D eigenvalue weighted by Gasteiger charge is -2.46. The smallest absolute Gasteiger partial charge is 0.0470 e. The zero-order valence-corrected chi connectivity index (χ0v) is 8.14. The quantitative estimate of drug-likeness (QED) is 0.532. The van der Waals surface area contributed by atoms with E-state index in [1.165, 1.54) is 39.1 Å². The molecule has 1 N–H and O–H groups in total. The maximum absolute atomic E-state index is 3.47. The van der Waals surface area contributed by atoms with E-state index in [1.807, 2.05) is 0 Å². The van der Waals surface area contributed by atoms with Crippen LogP contribution in [0.2, 0.25) is 0 Å². The molecule has 2 saturated heterocycles. The van der Waals surface area contributed by atoms with Gasteiger partial charge in [0, 0.05) is 31.7 Å². The summed E-state index contributed by atoms with van der Waals surface area (Å²) in [6.45, 7) is 6.04. The molecule has 3 heteroatoms. The number of hydrogen-bond acceptors (Lipinski definition) is 3. The van der Waals surface area contributed by atoms with Crippen molar-refractivity contribution in [2.24, 2.45) is 0 Å². The summed E-state index contributed by atoms with van der Waals surface area (Å²) in [5, 5.41) is 3.47. The van der Waals surface area contributed by atoms with Gasteiger partial charge in [-0.2, -0.15) is 0 Å². The molecule has 2 rings (SSSR count). The average molecular weight is 169 g/mol. The molecule has 3 nitrogen and oxygen atoms in total. The molecule has 1 spiro atoms. The third kappa shape index (κ3) is 1.26. The Morgan fingerprint density at radius 1 is 1.25 bits per heavy atom. The van der Waals surface area contributed by atoms with Crippen molar-refractivity contribution in [3.63, 3.8) is 0 Å². The number of piperazine rings is 1. The molecule has 0 radical (unpaired) electrons. The molecule has 0 aromatic carbocycles. The van der Waals surface area contributed by atoms with Gasteiger partial charge in [0.2, 0.25) is 0 Å². The first kappa shape index (κ1) is 8.48. The van der Waals surface area contributed by atoms with Gasteiger partial charge >= 0.3 is 0 Å². The Bertz CT molecular complexity index is 163. The third-order valence-corrected chi connectivity index (χ3v) is 3.41. The Labute approximate surface area is 74.7 Å². The Kier molecular flexibility index (Phi) is 2.10. The summed E-state index contributed by atoms with van der Waals surface area (Å²) in [6, 6.07) is 0. The molecule has 0 aromatic rings. The largest absolute Gasteiger partial charge is 0.315 e. The highest BCUT2D eigenvalue weighted by atomic mass is 15.3. The second kappa shape index (κ2) is 2.98. The van der Waals surface area contributed by atoms with Gasteiger partial charge in [-0.25, -0.2) is 0 Å². The summed E-state index contributed by atoms with van der Waals surface area (Å²) in [5.74, 6) is 0. The Hall–Kier alpha value is -0.120. The molecule has 12 heavy (non-hydrogen) atoms. The van der Waals surface area contributed by atoms with E-state index >= 15 is 0 Å². The molecule has 0 saturated carbocycles. The van der Waals surface area contributed by atoms with E-state index in [1.54, 1.807) is 0 Å². The number of hydrogen-bond donors (Lipinski definition) is 1. The van der Waals surface area contributed by atoms with E-state index in [-0.39, 0.29) is 0 Å². The summed E-state index contributed by atoms with van der Waals surface area (Å²) in [6.07, 6.45) is 1.31. The Morgan fingerprint density at radius 3 is 2.75 bits per heavy atom. The molecule has 0 bridgehead atoms. The Morgan fingerprint density at radius 2 is 2.08 bits per heavy atom. The van der Waals surface area contributed by atoms with Crippen molar-refractivity contribution in [3.8, 4) is 0 Å². The lowest BCUT2D eigenvalue weighted by molar-refractivity contribution is 0.0415. The van der Waals surface area contributed by atoms with Crippen molar-refractivity contribution in [1.29, 1.82) is 0 Å². The highest BCUT2D eigenvalue weighted by Crippen LogP contribution is 2.25. The van der Waals surface area contributed by atoms with Crippen LogP contribution in [0.1, 0.15) is 6.42 Å². The van der Waals surface area contributed by atoms with Crippen molar-refractivity contribution in [2.75, 3.05) is 46.8 Å². The van der Waals surface area contributed by atoms with Gasteiger partial charge in [0.05, 0.1) is 0 Å². The lowest BCUT2D eigenvalue weighted by atomic mass is 9.94. The fourth-order valence-corrected chi connectivity index (χ4v) is 2.45. The minimum absolute atomic E-state index is 0.451. The highest BCUT2D eigenvalue weighted by Gasteiger charge is 2.40. The fourth-order valence-electron chi connectivity index (χ4n) is 2.45. The molecular weight excluding hydrogens is 150 g/mol. The second-order valence-electron chi connectivity index (χ2n) is 4.31. The van der Waals surface area contributed by atoms with Gasteiger partial charge in [-0.05, 0) is 27.1 Å². The van der Waals surface area contributed by atoms with Gasteiger partial charge in [0.25, 0.3) is 0 Å². The third-order valence-electron chi connectivity index (χ3n) is 3.41. The van der Waals surface area contributed by atoms with Crippen LogP contribution in [0.5, 0.6) is 0 Å². The normalized spacial score (nSPS) is 39.5. The van der Waals surface area contributed by atoms with E-state index in [9.17, 15) is 0 Å². The molecule has 0 aliphatic carbocycles. The van der Waals surface area contributed by atoms with E-state index in [4.69, 9.17) is 0 Å². The van der Waals surface area contributed by atoms with Gasteiger partial charge in [-0.3, -0.25) is 4.90 Å². The molecule has 1 unspecified atom stereocenters. The number of likely N-dealkylation sites (N-methyl/N-ethyl adjacent to an activating group) is 2. The molecule has 2 aliphatic heterocycles. The SMILES string of the molecule is CN1CCN(C)C2(CCNC2)C1. The molecule has 2 fully saturated rings. The van der Waals surface area contributed by atoms with E-state index < -0.39 is 0 Å². The molecule has 0 amide bonds. The number of nitrogens with one attached hydrogen (secondary N) is 1. The van der Waals surface area contributed by atoms with Crippen LogP contribution in [-0.2, 0) is 0 Å². The van der Waals surface area contributed by atoms with Crippen LogP contribution in [0.3, 0.4) is 0 Å². The first-order chi connectivity index (χ1) is 5.73. The van der Waals surface area contributed by atoms with Crippen molar-refractivity contribution in [2.45, 2.75) is 12.0 Å². The maximum atomic E-state index is 3.47. The molecule has 2 heterocycles. The van der Waals surface area contributed by atoms with Gasteiger partial charge in [-0.15, -0.1) is 0 Å². The first-order valence-corrected chi connectivity index (χ1v) is 4.83. The van der Waals surface area contributed by atoms with Crippen LogP contribution >= 0.6 is 0 Å². The first-order valence-electron chi connectivity index (χ1n) is 4.83. The number of nitrogens with zero attached hydrogens (tertiary/aromatic N) is 2. The fraction of sp³-hybridized carbons (Fsp3) is 1.00. The molecule has 2 aliphatic rings. The Balaban J connectivity index is 2.09. The van der Waals surface area contributed by atoms with Gasteiger partial charge < -0.3 is 10.2 Å². The summed E-state index contributed by atoms with van der Waals surface area (Å²) in [4.78, 5) is 4.99. The van der Waals surface area contributed by atoms with Crippen molar-refractivity contribution < 1.29 is 0 Å². The summed E-state index contributed by atoms with van der Waals surface area (Å²) in [7, 11) is 4.49. The van der Waals surface area contributed by atoms with E-state index in [0.29, 0.717) is 5.54 Å². The van der Waals surface area contributed by atoms with E-state index in [0.717, 1.165) is 0 Å². The zero-order chi connectivity index (χ0) is 8.60. The van der Waals surface area contributed by atoms with Crippen molar-refractivity contribution in [3.05, 3.63) is 0 Å². The van der Waals surface area contributed by atoms with Gasteiger partial charge in [-0.1, -0.05) is 0 Å². The number of rotatable bonds is 0. The van der Waals surface area contributed by atoms with E-state index in [2.05, 4.69) is 29.2 Å². The predicted octanol–water partition coefficient (Wildman–Crippen LogP) is -0.404. The molecule has 1 atom stereocenters. The average Bonchev–Trinajstić information content (AvgIpc) is 2.48. The van der Waals surface area contributed by atoms with Crippen LogP contribution in [-0.4, -0.2) is 62.2 Å². The van der Waals surface area contributed by atoms with Crippen LogP contribution in [0, 0.1) is 0 Å². The maximum Gasteiger partial charge on any atom is 0.0470 e. The van der Waals surface area contributed by atoms with Gasteiger partial charge in [0.15, 0.2) is 0 Å². The summed E-state index contributed by atoms with van der Waals surface area (Å²) in [5.41, 5.74) is 0.451. The molecule has 0 aromatic heterocycles. The monoisotopic (exact) mass is 169 g/mol. The minimum atomic E-state index is 0.451. The van der Waals surface area contributed by atoms with Crippen LogP contribution in [0.4, 0.5) is 0 Å². The topological polar surface area (TPSA) is 18.5 Å². The van der Waals surface area contributed by atoms with Crippen molar-refractivity contribution >= 4 is 0 Å². The minimum Gasteiger partial charge on any atom is -0.315 e. The van der Waals surface area contributed by atoms with Crippen LogP contribution in [0.15, 0.2) is 0 Å².